The molecule has 1 unspecified atom stereocenters. The molecule has 1 aliphatic heterocycles. The van der Waals surface area contributed by atoms with E-state index in [4.69, 9.17) is 18.6 Å². The van der Waals surface area contributed by atoms with Crippen molar-refractivity contribution >= 4 is 31.8 Å². The molecule has 4 rings (SSSR count). The number of esters is 1. The van der Waals surface area contributed by atoms with Gasteiger partial charge in [0.05, 0.1) is 32.0 Å². The fourth-order valence-corrected chi connectivity index (χ4v) is 5.81. The fraction of sp³-hybridized carbons (Fsp3) is 0.562. The highest BCUT2D eigenvalue weighted by Gasteiger charge is 2.46. The molecule has 2 aromatic heterocycles. The molecule has 1 aromatic carbocycles. The van der Waals surface area contributed by atoms with E-state index in [2.05, 4.69) is 54.6 Å². The molecule has 3 heterocycles. The summed E-state index contributed by atoms with van der Waals surface area (Å²) in [5.74, 6) is 0.0545. The molecule has 11 nitrogen and oxygen atoms in total. The number of halogens is 1. The molecule has 1 amide bonds. The van der Waals surface area contributed by atoms with Crippen LogP contribution in [0.15, 0.2) is 30.6 Å². The Labute approximate surface area is 265 Å². The van der Waals surface area contributed by atoms with Crippen molar-refractivity contribution in [3.63, 3.8) is 0 Å². The van der Waals surface area contributed by atoms with Gasteiger partial charge >= 0.3 is 12.1 Å². The van der Waals surface area contributed by atoms with Crippen molar-refractivity contribution < 1.29 is 32.6 Å². The maximum Gasteiger partial charge on any atom is 0.407 e. The van der Waals surface area contributed by atoms with E-state index in [-0.39, 0.29) is 30.4 Å². The van der Waals surface area contributed by atoms with Crippen LogP contribution in [0.1, 0.15) is 82.9 Å². The van der Waals surface area contributed by atoms with Gasteiger partial charge in [0.25, 0.3) is 0 Å². The zero-order chi connectivity index (χ0) is 33.4. The van der Waals surface area contributed by atoms with Crippen LogP contribution < -0.4 is 15.4 Å². The minimum absolute atomic E-state index is 0.0509. The fourth-order valence-electron chi connectivity index (χ4n) is 4.76. The standard InChI is InChI=1S/C32H46FN5O6Si/c1-11-41-28(39)24-17-35-38-13-12-25(37-27(24)38)36-20(2)23-15-22(33)14-21-16-32(43-26(21)23,18-34-29(40)44-30(3,4)5)19-42-45(9,10)31(6,7)8/h12-15,17,20H,11,16,18-19H2,1-10H3,(H,34,40)(H,36,37)/t20-,32?/m1/s1. The lowest BCUT2D eigenvalue weighted by Gasteiger charge is -2.39. The molecule has 0 fully saturated rings. The number of carbonyl (C=O) groups excluding carboxylic acids is 2. The van der Waals surface area contributed by atoms with E-state index >= 15 is 4.39 Å². The molecule has 45 heavy (non-hydrogen) atoms. The van der Waals surface area contributed by atoms with Crippen LogP contribution in [0.4, 0.5) is 15.0 Å². The number of carbonyl (C=O) groups is 2. The monoisotopic (exact) mass is 643 g/mol. The Morgan fingerprint density at radius 3 is 2.56 bits per heavy atom. The first-order chi connectivity index (χ1) is 20.8. The van der Waals surface area contributed by atoms with E-state index in [0.717, 1.165) is 0 Å². The molecular weight excluding hydrogens is 597 g/mol. The van der Waals surface area contributed by atoms with Gasteiger partial charge in [0.1, 0.15) is 28.5 Å². The highest BCUT2D eigenvalue weighted by molar-refractivity contribution is 6.74. The molecular formula is C32H46FN5O6Si. The van der Waals surface area contributed by atoms with Crippen molar-refractivity contribution in [3.8, 4) is 5.75 Å². The number of aromatic nitrogens is 3. The zero-order valence-corrected chi connectivity index (χ0v) is 29.0. The Morgan fingerprint density at radius 2 is 1.91 bits per heavy atom. The molecule has 0 saturated carbocycles. The van der Waals surface area contributed by atoms with E-state index in [0.29, 0.717) is 34.8 Å². The molecule has 2 atom stereocenters. The van der Waals surface area contributed by atoms with Crippen molar-refractivity contribution in [2.75, 3.05) is 25.1 Å². The van der Waals surface area contributed by atoms with Gasteiger partial charge in [0.2, 0.25) is 0 Å². The summed E-state index contributed by atoms with van der Waals surface area (Å²) in [6, 6.07) is 4.17. The smallest absolute Gasteiger partial charge is 0.407 e. The molecule has 3 aromatic rings. The van der Waals surface area contributed by atoms with E-state index in [9.17, 15) is 9.59 Å². The third-order valence-electron chi connectivity index (χ3n) is 8.14. The van der Waals surface area contributed by atoms with Crippen LogP contribution in [0.5, 0.6) is 5.75 Å². The molecule has 246 valence electrons. The Bertz CT molecular complexity index is 1560. The first-order valence-corrected chi connectivity index (χ1v) is 18.1. The largest absolute Gasteiger partial charge is 0.482 e. The summed E-state index contributed by atoms with van der Waals surface area (Å²) < 4.78 is 40.5. The number of hydrogen-bond donors (Lipinski definition) is 2. The van der Waals surface area contributed by atoms with Gasteiger partial charge in [-0.3, -0.25) is 0 Å². The normalized spacial score (nSPS) is 17.4. The lowest BCUT2D eigenvalue weighted by Crippen LogP contribution is -2.54. The number of rotatable bonds is 10. The molecule has 0 saturated heterocycles. The third kappa shape index (κ3) is 7.93. The molecule has 0 radical (unpaired) electrons. The van der Waals surface area contributed by atoms with Gasteiger partial charge in [0, 0.05) is 23.7 Å². The van der Waals surface area contributed by atoms with Gasteiger partial charge in [-0.1, -0.05) is 20.8 Å². The number of nitrogens with one attached hydrogen (secondary N) is 2. The van der Waals surface area contributed by atoms with Crippen LogP contribution in [-0.2, 0) is 20.3 Å². The second-order valence-electron chi connectivity index (χ2n) is 14.1. The number of hydrogen-bond acceptors (Lipinski definition) is 9. The van der Waals surface area contributed by atoms with Gasteiger partial charge in [-0.2, -0.15) is 5.10 Å². The SMILES string of the molecule is CCOC(=O)c1cnn2ccc(N[C@H](C)c3cc(F)cc4c3OC(CNC(=O)OC(C)(C)C)(CO[Si](C)(C)C(C)(C)C)C4)nc12. The second-order valence-corrected chi connectivity index (χ2v) is 18.9. The van der Waals surface area contributed by atoms with E-state index in [1.54, 1.807) is 40.0 Å². The summed E-state index contributed by atoms with van der Waals surface area (Å²) in [6.07, 6.45) is 2.85. The number of amides is 1. The lowest BCUT2D eigenvalue weighted by atomic mass is 9.96. The second kappa shape index (κ2) is 12.6. The van der Waals surface area contributed by atoms with Crippen molar-refractivity contribution in [1.29, 1.82) is 0 Å². The number of benzene rings is 1. The Kier molecular flexibility index (Phi) is 9.56. The van der Waals surface area contributed by atoms with Crippen LogP contribution in [0.3, 0.4) is 0 Å². The van der Waals surface area contributed by atoms with Gasteiger partial charge in [0.15, 0.2) is 19.6 Å². The van der Waals surface area contributed by atoms with Crippen LogP contribution >= 0.6 is 0 Å². The summed E-state index contributed by atoms with van der Waals surface area (Å²) in [7, 11) is -2.21. The van der Waals surface area contributed by atoms with Crippen LogP contribution in [-0.4, -0.2) is 65.9 Å². The van der Waals surface area contributed by atoms with Gasteiger partial charge in [-0.15, -0.1) is 0 Å². The highest BCUT2D eigenvalue weighted by Crippen LogP contribution is 2.43. The molecule has 0 aliphatic carbocycles. The zero-order valence-electron chi connectivity index (χ0n) is 28.0. The Balaban J connectivity index is 1.62. The number of fused-ring (bicyclic) bond motifs is 2. The quantitative estimate of drug-likeness (QED) is 0.190. The first kappa shape index (κ1) is 34.2. The van der Waals surface area contributed by atoms with Crippen molar-refractivity contribution in [3.05, 3.63) is 53.1 Å². The average Bonchev–Trinajstić information content (AvgIpc) is 3.50. The molecule has 0 spiro atoms. The average molecular weight is 644 g/mol. The molecule has 13 heteroatoms. The first-order valence-electron chi connectivity index (χ1n) is 15.2. The summed E-state index contributed by atoms with van der Waals surface area (Å²) in [5.41, 5.74) is 0.176. The van der Waals surface area contributed by atoms with E-state index < -0.39 is 43.4 Å². The topological polar surface area (TPSA) is 125 Å². The van der Waals surface area contributed by atoms with Crippen molar-refractivity contribution in [2.45, 2.75) is 97.2 Å². The molecule has 0 bridgehead atoms. The van der Waals surface area contributed by atoms with Crippen LogP contribution in [0.25, 0.3) is 5.65 Å². The summed E-state index contributed by atoms with van der Waals surface area (Å²) >= 11 is 0. The molecule has 2 N–H and O–H groups in total. The predicted molar refractivity (Wildman–Crippen MR) is 172 cm³/mol. The number of ether oxygens (including phenoxy) is 3. The number of nitrogens with zero attached hydrogens (tertiary/aromatic N) is 3. The van der Waals surface area contributed by atoms with Crippen LogP contribution in [0.2, 0.25) is 18.1 Å². The molecule has 1 aliphatic rings. The van der Waals surface area contributed by atoms with Gasteiger partial charge < -0.3 is 29.3 Å². The summed E-state index contributed by atoms with van der Waals surface area (Å²) in [6.45, 7) is 20.3. The summed E-state index contributed by atoms with van der Waals surface area (Å²) in [5, 5.41) is 10.3. The van der Waals surface area contributed by atoms with Gasteiger partial charge in [-0.25, -0.2) is 23.5 Å². The van der Waals surface area contributed by atoms with E-state index in [1.807, 2.05) is 6.92 Å². The van der Waals surface area contributed by atoms with E-state index in [1.165, 1.54) is 22.8 Å². The minimum Gasteiger partial charge on any atom is -0.482 e. The van der Waals surface area contributed by atoms with Crippen molar-refractivity contribution in [1.82, 2.24) is 19.9 Å². The number of anilines is 1. The number of alkyl carbamates (subject to hydrolysis) is 1. The predicted octanol–water partition coefficient (Wildman–Crippen LogP) is 6.44. The van der Waals surface area contributed by atoms with Gasteiger partial charge in [-0.05, 0) is 71.0 Å². The Hall–Kier alpha value is -3.71. The third-order valence-corrected chi connectivity index (χ3v) is 12.6. The highest BCUT2D eigenvalue weighted by atomic mass is 28.4. The van der Waals surface area contributed by atoms with Crippen molar-refractivity contribution in [2.24, 2.45) is 0 Å². The summed E-state index contributed by atoms with van der Waals surface area (Å²) in [4.78, 5) is 29.6. The maximum atomic E-state index is 15.1. The van der Waals surface area contributed by atoms with Crippen LogP contribution in [0, 0.1) is 5.82 Å². The lowest BCUT2D eigenvalue weighted by molar-refractivity contribution is 0.0208. The maximum absolute atomic E-state index is 15.1. The minimum atomic E-state index is -2.21. The Morgan fingerprint density at radius 1 is 1.20 bits per heavy atom.